The normalized spacial score (nSPS) is 13.6. The van der Waals surface area contributed by atoms with E-state index in [9.17, 15) is 18.9 Å². The van der Waals surface area contributed by atoms with Gasteiger partial charge in [-0.05, 0) is 48.5 Å². The van der Waals surface area contributed by atoms with E-state index in [-0.39, 0.29) is 27.4 Å². The molecule has 6 nitrogen and oxygen atoms in total. The van der Waals surface area contributed by atoms with Crippen molar-refractivity contribution in [3.05, 3.63) is 121 Å². The van der Waals surface area contributed by atoms with Crippen LogP contribution in [-0.2, 0) is 25.9 Å². The Morgan fingerprint density at radius 1 is 0.455 bits per heavy atom. The molecule has 0 heterocycles. The fourth-order valence-electron chi connectivity index (χ4n) is 2.57. The predicted octanol–water partition coefficient (Wildman–Crippen LogP) is 3.89. The molecule has 171 valence electrons. The molecule has 0 amide bonds. The Morgan fingerprint density at radius 2 is 0.697 bits per heavy atom. The molecule has 2 unspecified atom stereocenters. The van der Waals surface area contributed by atoms with E-state index in [1.54, 1.807) is 97.1 Å². The summed E-state index contributed by atoms with van der Waals surface area (Å²) in [5.74, 6) is 0.648. The number of hydrogen-bond donors (Lipinski definition) is 0. The summed E-state index contributed by atoms with van der Waals surface area (Å²) in [6, 6.07) is 33.1. The van der Waals surface area contributed by atoms with Crippen LogP contribution in [0.15, 0.2) is 121 Å². The number of para-hydroxylation sites is 2. The third kappa shape index (κ3) is 8.34. The van der Waals surface area contributed by atoms with Gasteiger partial charge in [0.1, 0.15) is 11.5 Å². The van der Waals surface area contributed by atoms with Gasteiger partial charge < -0.3 is 18.8 Å². The maximum absolute atomic E-state index is 11.8. The van der Waals surface area contributed by atoms with Crippen LogP contribution in [0.5, 0.6) is 11.5 Å². The zero-order chi connectivity index (χ0) is 22.9. The van der Waals surface area contributed by atoms with Gasteiger partial charge in [0.15, 0.2) is 0 Å². The topological polar surface area (TPSA) is 98.7 Å². The molecule has 2 atom stereocenters. The molecule has 0 aliphatic heterocycles. The second kappa shape index (κ2) is 12.6. The summed E-state index contributed by atoms with van der Waals surface area (Å²) < 4.78 is 33.6. The maximum atomic E-state index is 11.8. The molecule has 1 radical (unpaired) electrons. The summed E-state index contributed by atoms with van der Waals surface area (Å²) in [5.41, 5.74) is 0. The minimum absolute atomic E-state index is 0. The third-order valence-electron chi connectivity index (χ3n) is 4.08. The van der Waals surface area contributed by atoms with Crippen LogP contribution in [0.1, 0.15) is 0 Å². The predicted molar refractivity (Wildman–Crippen MR) is 122 cm³/mol. The van der Waals surface area contributed by atoms with Crippen LogP contribution < -0.4 is 29.4 Å². The smallest absolute Gasteiger partial charge is 0.765 e. The molecule has 9 heteroatoms. The molecule has 4 aromatic rings. The second-order valence-corrected chi connectivity index (χ2v) is 9.86. The first-order valence-electron chi connectivity index (χ1n) is 9.59. The van der Waals surface area contributed by atoms with Gasteiger partial charge in [-0.25, -0.2) is 0 Å². The van der Waals surface area contributed by atoms with E-state index >= 15 is 0 Å². The minimum Gasteiger partial charge on any atom is -0.765 e. The minimum atomic E-state index is -4.02. The summed E-state index contributed by atoms with van der Waals surface area (Å²) in [4.78, 5) is 23.6. The van der Waals surface area contributed by atoms with Crippen molar-refractivity contribution in [1.82, 2.24) is 0 Å². The van der Waals surface area contributed by atoms with E-state index in [1.165, 1.54) is 24.3 Å². The molecular weight excluding hydrogens is 505 g/mol. The van der Waals surface area contributed by atoms with E-state index < -0.39 is 15.2 Å². The van der Waals surface area contributed by atoms with Crippen LogP contribution in [0.2, 0.25) is 0 Å². The largest absolute Gasteiger partial charge is 2.00 e. The molecule has 0 N–H and O–H groups in total. The average Bonchev–Trinajstić information content (AvgIpc) is 2.81. The van der Waals surface area contributed by atoms with Crippen LogP contribution in [0.25, 0.3) is 0 Å². The fourth-order valence-corrected chi connectivity index (χ4v) is 4.65. The molecule has 0 aliphatic rings. The third-order valence-corrected chi connectivity index (χ3v) is 6.85. The van der Waals surface area contributed by atoms with Crippen LogP contribution in [0.4, 0.5) is 0 Å². The molecule has 4 aromatic carbocycles. The van der Waals surface area contributed by atoms with Gasteiger partial charge >= 0.3 is 16.8 Å². The summed E-state index contributed by atoms with van der Waals surface area (Å²) in [6.07, 6.45) is 0. The van der Waals surface area contributed by atoms with Gasteiger partial charge in [0.05, 0.1) is 0 Å². The Labute approximate surface area is 203 Å². The van der Waals surface area contributed by atoms with Crippen molar-refractivity contribution in [1.29, 1.82) is 0 Å². The molecular formula is C24H20CoO6P2. The quantitative estimate of drug-likeness (QED) is 0.355. The maximum Gasteiger partial charge on any atom is 2.00 e. The summed E-state index contributed by atoms with van der Waals surface area (Å²) in [6.45, 7) is 0. The first kappa shape index (κ1) is 26.6. The van der Waals surface area contributed by atoms with Crippen molar-refractivity contribution in [3.8, 4) is 11.5 Å². The SMILES string of the molecule is O=P([O-])(Oc1ccccc1)c1ccccc1.O=P([O-])(Oc1ccccc1)c1ccccc1.[Co+2]. The van der Waals surface area contributed by atoms with E-state index in [0.717, 1.165) is 0 Å². The van der Waals surface area contributed by atoms with Crippen molar-refractivity contribution in [2.75, 3.05) is 0 Å². The zero-order valence-corrected chi connectivity index (χ0v) is 20.1. The Hall–Kier alpha value is -2.63. The number of benzene rings is 4. The summed E-state index contributed by atoms with van der Waals surface area (Å²) >= 11 is 0. The molecule has 0 spiro atoms. The van der Waals surface area contributed by atoms with Gasteiger partial charge in [-0.15, -0.1) is 0 Å². The van der Waals surface area contributed by atoms with Crippen molar-refractivity contribution < 1.29 is 44.7 Å². The molecule has 33 heavy (non-hydrogen) atoms. The van der Waals surface area contributed by atoms with Crippen molar-refractivity contribution in [3.63, 3.8) is 0 Å². The van der Waals surface area contributed by atoms with Gasteiger partial charge in [-0.1, -0.05) is 72.8 Å². The molecule has 0 aromatic heterocycles. The zero-order valence-electron chi connectivity index (χ0n) is 17.2. The van der Waals surface area contributed by atoms with Gasteiger partial charge in [0.25, 0.3) is 0 Å². The molecule has 0 bridgehead atoms. The molecule has 0 fully saturated rings. The van der Waals surface area contributed by atoms with Crippen LogP contribution in [0.3, 0.4) is 0 Å². The first-order chi connectivity index (χ1) is 15.4. The van der Waals surface area contributed by atoms with Gasteiger partial charge in [-0.2, -0.15) is 0 Å². The van der Waals surface area contributed by atoms with E-state index in [2.05, 4.69) is 0 Å². The van der Waals surface area contributed by atoms with Crippen LogP contribution >= 0.6 is 15.2 Å². The van der Waals surface area contributed by atoms with E-state index in [1.807, 2.05) is 0 Å². The fraction of sp³-hybridized carbons (Fsp3) is 0. The van der Waals surface area contributed by atoms with Gasteiger partial charge in [-0.3, -0.25) is 9.13 Å². The van der Waals surface area contributed by atoms with Gasteiger partial charge in [0.2, 0.25) is 15.2 Å². The van der Waals surface area contributed by atoms with Gasteiger partial charge in [0, 0.05) is 10.6 Å². The van der Waals surface area contributed by atoms with Crippen molar-refractivity contribution in [2.45, 2.75) is 0 Å². The van der Waals surface area contributed by atoms with Crippen molar-refractivity contribution in [2.24, 2.45) is 0 Å². The monoisotopic (exact) mass is 525 g/mol. The van der Waals surface area contributed by atoms with Crippen LogP contribution in [0, 0.1) is 0 Å². The summed E-state index contributed by atoms with van der Waals surface area (Å²) in [5, 5.41) is 0.359. The van der Waals surface area contributed by atoms with Crippen LogP contribution in [-0.4, -0.2) is 0 Å². The number of rotatable bonds is 6. The van der Waals surface area contributed by atoms with Crippen molar-refractivity contribution >= 4 is 25.8 Å². The second-order valence-electron chi connectivity index (χ2n) is 6.47. The standard InChI is InChI=1S/2C12H11O3P.Co/c2*13-16(14,12-9-5-2-6-10-12)15-11-7-3-1-4-8-11;/h2*1-10H,(H,13,14);/q;;+2/p-2. The van der Waals surface area contributed by atoms with E-state index in [0.29, 0.717) is 11.5 Å². The molecule has 4 rings (SSSR count). The Morgan fingerprint density at radius 3 is 0.970 bits per heavy atom. The average molecular weight is 525 g/mol. The Balaban J connectivity index is 0.000000227. The summed E-state index contributed by atoms with van der Waals surface area (Å²) in [7, 11) is -8.03. The molecule has 0 saturated carbocycles. The Kier molecular flexibility index (Phi) is 10.1. The first-order valence-corrected chi connectivity index (χ1v) is 12.7. The molecule has 0 saturated heterocycles. The Bertz CT molecular complexity index is 1100. The van der Waals surface area contributed by atoms with E-state index in [4.69, 9.17) is 9.05 Å². The molecule has 0 aliphatic carbocycles. The number of hydrogen-bond acceptors (Lipinski definition) is 6.